The Balaban J connectivity index is 2.01. The van der Waals surface area contributed by atoms with Crippen LogP contribution in [0.3, 0.4) is 0 Å². The normalized spacial score (nSPS) is 14.3. The number of amides is 1. The van der Waals surface area contributed by atoms with Gasteiger partial charge in [-0.1, -0.05) is 19.3 Å². The molecule has 0 spiro atoms. The molecule has 1 aliphatic carbocycles. The maximum atomic E-state index is 12.1. The molecule has 1 aliphatic rings. The van der Waals surface area contributed by atoms with Crippen LogP contribution < -0.4 is 5.32 Å². The number of benzene rings is 1. The lowest BCUT2D eigenvalue weighted by Gasteiger charge is -2.22. The minimum Gasteiger partial charge on any atom is -0.465 e. The first-order chi connectivity index (χ1) is 12.4. The molecule has 0 heterocycles. The van der Waals surface area contributed by atoms with Crippen LogP contribution >= 0.6 is 0 Å². The van der Waals surface area contributed by atoms with E-state index >= 15 is 0 Å². The number of carbonyl (C=O) groups is 3. The third kappa shape index (κ3) is 5.27. The van der Waals surface area contributed by atoms with Gasteiger partial charge in [0, 0.05) is 18.2 Å². The molecule has 0 bridgehead atoms. The van der Waals surface area contributed by atoms with Crippen molar-refractivity contribution in [3.05, 3.63) is 39.4 Å². The Hall–Kier alpha value is -2.97. The Bertz CT molecular complexity index is 711. The number of rotatable bonds is 6. The number of methoxy groups -OCH3 is 1. The van der Waals surface area contributed by atoms with Gasteiger partial charge in [-0.05, 0) is 18.9 Å². The van der Waals surface area contributed by atoms with E-state index in [9.17, 15) is 24.5 Å². The van der Waals surface area contributed by atoms with E-state index in [1.54, 1.807) is 0 Å². The number of nitrogens with zero attached hydrogens (tertiary/aromatic N) is 1. The molecule has 140 valence electrons. The topological polar surface area (TPSA) is 125 Å². The first kappa shape index (κ1) is 19.4. The summed E-state index contributed by atoms with van der Waals surface area (Å²) < 4.78 is 9.42. The molecule has 2 rings (SSSR count). The second-order valence-electron chi connectivity index (χ2n) is 6.00. The third-order valence-corrected chi connectivity index (χ3v) is 4.09. The molecule has 0 aliphatic heterocycles. The smallest absolute Gasteiger partial charge is 0.338 e. The molecular formula is C17H20N2O7. The number of nitrogens with one attached hydrogen (secondary N) is 1. The largest absolute Gasteiger partial charge is 0.465 e. The summed E-state index contributed by atoms with van der Waals surface area (Å²) in [7, 11) is 1.12. The fourth-order valence-electron chi connectivity index (χ4n) is 2.80. The van der Waals surface area contributed by atoms with Crippen molar-refractivity contribution < 1.29 is 28.8 Å². The first-order valence-corrected chi connectivity index (χ1v) is 8.25. The zero-order valence-electron chi connectivity index (χ0n) is 14.4. The van der Waals surface area contributed by atoms with Crippen LogP contribution in [0, 0.1) is 10.1 Å². The molecule has 0 saturated heterocycles. The quantitative estimate of drug-likeness (QED) is 0.465. The first-order valence-electron chi connectivity index (χ1n) is 8.25. The number of non-ortho nitro benzene ring substituents is 1. The minimum absolute atomic E-state index is 0.0821. The predicted octanol–water partition coefficient (Wildman–Crippen LogP) is 1.99. The third-order valence-electron chi connectivity index (χ3n) is 4.09. The number of carbonyl (C=O) groups excluding carboxylic acids is 3. The fourth-order valence-corrected chi connectivity index (χ4v) is 2.80. The van der Waals surface area contributed by atoms with Gasteiger partial charge in [0.25, 0.3) is 11.6 Å². The highest BCUT2D eigenvalue weighted by atomic mass is 16.6. The van der Waals surface area contributed by atoms with Gasteiger partial charge in [0.05, 0.1) is 23.2 Å². The van der Waals surface area contributed by atoms with Crippen molar-refractivity contribution in [3.8, 4) is 0 Å². The summed E-state index contributed by atoms with van der Waals surface area (Å²) in [6, 6.07) is 3.19. The maximum absolute atomic E-state index is 12.1. The van der Waals surface area contributed by atoms with Gasteiger partial charge >= 0.3 is 11.9 Å². The fraction of sp³-hybridized carbons (Fsp3) is 0.471. The number of ether oxygens (including phenoxy) is 2. The van der Waals surface area contributed by atoms with Crippen molar-refractivity contribution >= 4 is 23.5 Å². The Morgan fingerprint density at radius 2 is 1.73 bits per heavy atom. The maximum Gasteiger partial charge on any atom is 0.338 e. The zero-order valence-corrected chi connectivity index (χ0v) is 14.4. The van der Waals surface area contributed by atoms with E-state index < -0.39 is 35.1 Å². The van der Waals surface area contributed by atoms with Crippen LogP contribution in [0.1, 0.15) is 52.8 Å². The molecule has 1 aromatic rings. The molecular weight excluding hydrogens is 344 g/mol. The van der Waals surface area contributed by atoms with Crippen molar-refractivity contribution in [2.24, 2.45) is 0 Å². The highest BCUT2D eigenvalue weighted by Gasteiger charge is 2.21. The molecule has 9 heteroatoms. The van der Waals surface area contributed by atoms with Crippen molar-refractivity contribution in [1.29, 1.82) is 0 Å². The van der Waals surface area contributed by atoms with Crippen LogP contribution in [-0.4, -0.2) is 42.5 Å². The summed E-state index contributed by atoms with van der Waals surface area (Å²) in [5.74, 6) is -2.18. The SMILES string of the molecule is COC(=O)c1cc(C(=O)OCC(=O)NC2CCCCC2)cc([N+](=O)[O-])c1. The number of nitro groups is 1. The lowest BCUT2D eigenvalue weighted by Crippen LogP contribution is -2.38. The lowest BCUT2D eigenvalue weighted by molar-refractivity contribution is -0.384. The van der Waals surface area contributed by atoms with Crippen LogP contribution in [0.25, 0.3) is 0 Å². The predicted molar refractivity (Wildman–Crippen MR) is 89.7 cm³/mol. The van der Waals surface area contributed by atoms with Gasteiger partial charge in [-0.3, -0.25) is 14.9 Å². The second-order valence-corrected chi connectivity index (χ2v) is 6.00. The number of hydrogen-bond donors (Lipinski definition) is 1. The van der Waals surface area contributed by atoms with Gasteiger partial charge < -0.3 is 14.8 Å². The average molecular weight is 364 g/mol. The Morgan fingerprint density at radius 3 is 2.31 bits per heavy atom. The molecule has 0 atom stereocenters. The van der Waals surface area contributed by atoms with E-state index in [1.807, 2.05) is 0 Å². The average Bonchev–Trinajstić information content (AvgIpc) is 2.65. The molecule has 1 fully saturated rings. The lowest BCUT2D eigenvalue weighted by atomic mass is 9.95. The molecule has 1 saturated carbocycles. The second kappa shape index (κ2) is 8.93. The number of nitro benzene ring substituents is 1. The van der Waals surface area contributed by atoms with E-state index in [-0.39, 0.29) is 17.2 Å². The molecule has 0 aromatic heterocycles. The molecule has 0 radical (unpaired) electrons. The Morgan fingerprint density at radius 1 is 1.12 bits per heavy atom. The van der Waals surface area contributed by atoms with Crippen LogP contribution in [0.2, 0.25) is 0 Å². The molecule has 1 aromatic carbocycles. The van der Waals surface area contributed by atoms with Crippen molar-refractivity contribution in [2.45, 2.75) is 38.1 Å². The summed E-state index contributed by atoms with van der Waals surface area (Å²) in [5.41, 5.74) is -0.808. The van der Waals surface area contributed by atoms with E-state index in [0.29, 0.717) is 0 Å². The monoisotopic (exact) mass is 364 g/mol. The van der Waals surface area contributed by atoms with Gasteiger partial charge in [0.1, 0.15) is 0 Å². The van der Waals surface area contributed by atoms with Gasteiger partial charge in [-0.2, -0.15) is 0 Å². The summed E-state index contributed by atoms with van der Waals surface area (Å²) in [6.07, 6.45) is 5.04. The Kier molecular flexibility index (Phi) is 6.65. The number of esters is 2. The molecule has 0 unspecified atom stereocenters. The summed E-state index contributed by atoms with van der Waals surface area (Å²) in [5, 5.41) is 13.8. The zero-order chi connectivity index (χ0) is 19.1. The van der Waals surface area contributed by atoms with Crippen LogP contribution in [0.4, 0.5) is 5.69 Å². The molecule has 1 N–H and O–H groups in total. The standard InChI is InChI=1S/C17H20N2O7/c1-25-16(21)11-7-12(9-14(8-11)19(23)24)17(22)26-10-15(20)18-13-5-3-2-4-6-13/h7-9,13H,2-6,10H2,1H3,(H,18,20). The van der Waals surface area contributed by atoms with E-state index in [2.05, 4.69) is 10.1 Å². The van der Waals surface area contributed by atoms with Crippen LogP contribution in [0.15, 0.2) is 18.2 Å². The van der Waals surface area contributed by atoms with Crippen LogP contribution in [0.5, 0.6) is 0 Å². The highest BCUT2D eigenvalue weighted by Crippen LogP contribution is 2.19. The van der Waals surface area contributed by atoms with Crippen molar-refractivity contribution in [3.63, 3.8) is 0 Å². The summed E-state index contributed by atoms with van der Waals surface area (Å²) >= 11 is 0. The summed E-state index contributed by atoms with van der Waals surface area (Å²) in [4.78, 5) is 45.8. The van der Waals surface area contributed by atoms with Crippen molar-refractivity contribution in [2.75, 3.05) is 13.7 Å². The van der Waals surface area contributed by atoms with Gasteiger partial charge in [0.2, 0.25) is 0 Å². The van der Waals surface area contributed by atoms with Gasteiger partial charge in [-0.15, -0.1) is 0 Å². The highest BCUT2D eigenvalue weighted by molar-refractivity contribution is 5.97. The van der Waals surface area contributed by atoms with Crippen molar-refractivity contribution in [1.82, 2.24) is 5.32 Å². The van der Waals surface area contributed by atoms with Crippen LogP contribution in [-0.2, 0) is 14.3 Å². The molecule has 26 heavy (non-hydrogen) atoms. The molecule has 1 amide bonds. The van der Waals surface area contributed by atoms with E-state index in [4.69, 9.17) is 4.74 Å². The van der Waals surface area contributed by atoms with Gasteiger partial charge in [0.15, 0.2) is 6.61 Å². The summed E-state index contributed by atoms with van der Waals surface area (Å²) in [6.45, 7) is -0.494. The van der Waals surface area contributed by atoms with E-state index in [0.717, 1.165) is 57.4 Å². The van der Waals surface area contributed by atoms with E-state index in [1.165, 1.54) is 0 Å². The molecule has 9 nitrogen and oxygen atoms in total. The minimum atomic E-state index is -0.933. The van der Waals surface area contributed by atoms with Gasteiger partial charge in [-0.25, -0.2) is 9.59 Å². The number of hydrogen-bond acceptors (Lipinski definition) is 7. The Labute approximate surface area is 149 Å².